The third kappa shape index (κ3) is 3.19. The summed E-state index contributed by atoms with van der Waals surface area (Å²) in [6, 6.07) is 15.6. The monoisotopic (exact) mass is 331 g/mol. The van der Waals surface area contributed by atoms with Crippen LogP contribution in [-0.4, -0.2) is 24.5 Å². The molecule has 0 aliphatic heterocycles. The molecular formula is C19H17N5O. The minimum atomic E-state index is -0.0707. The second kappa shape index (κ2) is 6.32. The van der Waals surface area contributed by atoms with Crippen LogP contribution in [0.5, 0.6) is 0 Å². The van der Waals surface area contributed by atoms with E-state index in [0.29, 0.717) is 24.0 Å². The minimum Gasteiger partial charge on any atom is -0.293 e. The summed E-state index contributed by atoms with van der Waals surface area (Å²) in [6.45, 7) is 3.06. The normalized spacial score (nSPS) is 11.1. The number of hydrogen-bond donors (Lipinski definition) is 0. The van der Waals surface area contributed by atoms with Crippen LogP contribution < -0.4 is 5.56 Å². The summed E-state index contributed by atoms with van der Waals surface area (Å²) in [6.07, 6.45) is 3.42. The third-order valence-electron chi connectivity index (χ3n) is 4.12. The van der Waals surface area contributed by atoms with Crippen molar-refractivity contribution < 1.29 is 0 Å². The molecule has 0 radical (unpaired) electrons. The number of nitrogens with zero attached hydrogens (tertiary/aromatic N) is 5. The van der Waals surface area contributed by atoms with E-state index in [9.17, 15) is 4.79 Å². The summed E-state index contributed by atoms with van der Waals surface area (Å²) >= 11 is 0. The van der Waals surface area contributed by atoms with E-state index >= 15 is 0 Å². The Morgan fingerprint density at radius 3 is 2.64 bits per heavy atom. The van der Waals surface area contributed by atoms with Crippen molar-refractivity contribution in [3.05, 3.63) is 88.2 Å². The summed E-state index contributed by atoms with van der Waals surface area (Å²) in [5.74, 6) is 0. The van der Waals surface area contributed by atoms with Gasteiger partial charge in [0, 0.05) is 0 Å². The molecule has 0 amide bonds. The Hall–Kier alpha value is -3.28. The largest absolute Gasteiger partial charge is 0.293 e. The van der Waals surface area contributed by atoms with Gasteiger partial charge in [-0.1, -0.05) is 47.2 Å². The molecule has 0 saturated carbocycles. The molecule has 0 unspecified atom stereocenters. The second-order valence-electron chi connectivity index (χ2n) is 6.09. The molecule has 2 aromatic carbocycles. The smallest absolute Gasteiger partial charge is 0.261 e. The lowest BCUT2D eigenvalue weighted by Gasteiger charge is -2.04. The summed E-state index contributed by atoms with van der Waals surface area (Å²) < 4.78 is 3.34. The van der Waals surface area contributed by atoms with Crippen LogP contribution in [0.25, 0.3) is 10.9 Å². The first-order valence-corrected chi connectivity index (χ1v) is 8.08. The summed E-state index contributed by atoms with van der Waals surface area (Å²) in [5.41, 5.74) is 3.74. The van der Waals surface area contributed by atoms with Gasteiger partial charge < -0.3 is 0 Å². The molecule has 0 bridgehead atoms. The molecule has 4 rings (SSSR count). The fourth-order valence-corrected chi connectivity index (χ4v) is 2.76. The van der Waals surface area contributed by atoms with Gasteiger partial charge in [-0.15, -0.1) is 5.10 Å². The van der Waals surface area contributed by atoms with E-state index in [-0.39, 0.29) is 5.56 Å². The topological polar surface area (TPSA) is 65.6 Å². The first-order chi connectivity index (χ1) is 12.2. The van der Waals surface area contributed by atoms with Gasteiger partial charge in [0.2, 0.25) is 0 Å². The van der Waals surface area contributed by atoms with Crippen LogP contribution >= 0.6 is 0 Å². The van der Waals surface area contributed by atoms with Crippen molar-refractivity contribution in [1.82, 2.24) is 24.5 Å². The molecule has 6 nitrogen and oxygen atoms in total. The quantitative estimate of drug-likeness (QED) is 0.576. The van der Waals surface area contributed by atoms with Crippen molar-refractivity contribution in [1.29, 1.82) is 0 Å². The highest BCUT2D eigenvalue weighted by molar-refractivity contribution is 5.76. The first-order valence-electron chi connectivity index (χ1n) is 8.08. The number of rotatable bonds is 4. The molecule has 2 heterocycles. The van der Waals surface area contributed by atoms with Gasteiger partial charge in [0.05, 0.1) is 36.5 Å². The molecule has 0 aliphatic carbocycles. The maximum Gasteiger partial charge on any atom is 0.261 e. The molecule has 2 aromatic heterocycles. The zero-order valence-electron chi connectivity index (χ0n) is 13.8. The molecule has 0 N–H and O–H groups in total. The molecular weight excluding hydrogens is 314 g/mol. The maximum absolute atomic E-state index is 12.5. The van der Waals surface area contributed by atoms with Gasteiger partial charge in [-0.2, -0.15) is 0 Å². The molecule has 6 heteroatoms. The maximum atomic E-state index is 12.5. The number of fused-ring (bicyclic) bond motifs is 1. The Morgan fingerprint density at radius 1 is 1.00 bits per heavy atom. The lowest BCUT2D eigenvalue weighted by atomic mass is 10.1. The average molecular weight is 331 g/mol. The van der Waals surface area contributed by atoms with Crippen molar-refractivity contribution in [3.63, 3.8) is 0 Å². The zero-order valence-corrected chi connectivity index (χ0v) is 13.8. The highest BCUT2D eigenvalue weighted by Gasteiger charge is 2.07. The van der Waals surface area contributed by atoms with E-state index in [1.807, 2.05) is 24.4 Å². The van der Waals surface area contributed by atoms with Gasteiger partial charge in [0.15, 0.2) is 0 Å². The standard InChI is InChI=1S/C19H17N5O/c1-14-6-8-15(9-7-14)10-24-12-16(21-22-24)11-23-13-20-18-5-3-2-4-17(18)19(23)25/h2-9,12-13H,10-11H2,1H3. The van der Waals surface area contributed by atoms with E-state index in [1.54, 1.807) is 21.6 Å². The van der Waals surface area contributed by atoms with Gasteiger partial charge in [-0.3, -0.25) is 9.36 Å². The molecule has 0 saturated heterocycles. The highest BCUT2D eigenvalue weighted by atomic mass is 16.1. The van der Waals surface area contributed by atoms with Crippen LogP contribution in [0.4, 0.5) is 0 Å². The Morgan fingerprint density at radius 2 is 1.80 bits per heavy atom. The van der Waals surface area contributed by atoms with E-state index in [2.05, 4.69) is 46.5 Å². The second-order valence-corrected chi connectivity index (χ2v) is 6.09. The SMILES string of the molecule is Cc1ccc(Cn2cc(Cn3cnc4ccccc4c3=O)nn2)cc1. The number of para-hydroxylation sites is 1. The number of aromatic nitrogens is 5. The minimum absolute atomic E-state index is 0.0707. The Balaban J connectivity index is 1.56. The molecule has 124 valence electrons. The van der Waals surface area contributed by atoms with Gasteiger partial charge in [-0.05, 0) is 24.6 Å². The number of hydrogen-bond acceptors (Lipinski definition) is 4. The molecule has 0 atom stereocenters. The summed E-state index contributed by atoms with van der Waals surface area (Å²) in [4.78, 5) is 16.9. The summed E-state index contributed by atoms with van der Waals surface area (Å²) in [5, 5.41) is 8.93. The summed E-state index contributed by atoms with van der Waals surface area (Å²) in [7, 11) is 0. The number of aryl methyl sites for hydroxylation is 1. The third-order valence-corrected chi connectivity index (χ3v) is 4.12. The lowest BCUT2D eigenvalue weighted by molar-refractivity contribution is 0.648. The Kier molecular flexibility index (Phi) is 3.85. The molecule has 0 aliphatic rings. The predicted molar refractivity (Wildman–Crippen MR) is 95.4 cm³/mol. The van der Waals surface area contributed by atoms with Gasteiger partial charge in [-0.25, -0.2) is 9.67 Å². The van der Waals surface area contributed by atoms with Gasteiger partial charge in [0.25, 0.3) is 5.56 Å². The Labute approximate surface area is 144 Å². The van der Waals surface area contributed by atoms with Crippen LogP contribution in [0.1, 0.15) is 16.8 Å². The fourth-order valence-electron chi connectivity index (χ4n) is 2.76. The van der Waals surface area contributed by atoms with Crippen LogP contribution in [0, 0.1) is 6.92 Å². The van der Waals surface area contributed by atoms with Crippen molar-refractivity contribution >= 4 is 10.9 Å². The van der Waals surface area contributed by atoms with E-state index in [4.69, 9.17) is 0 Å². The van der Waals surface area contributed by atoms with Crippen molar-refractivity contribution in [2.45, 2.75) is 20.0 Å². The average Bonchev–Trinajstić information content (AvgIpc) is 3.07. The van der Waals surface area contributed by atoms with Crippen molar-refractivity contribution in [2.24, 2.45) is 0 Å². The Bertz CT molecular complexity index is 1080. The van der Waals surface area contributed by atoms with Crippen LogP contribution in [0.3, 0.4) is 0 Å². The highest BCUT2D eigenvalue weighted by Crippen LogP contribution is 2.07. The molecule has 25 heavy (non-hydrogen) atoms. The van der Waals surface area contributed by atoms with E-state index in [1.165, 1.54) is 5.56 Å². The lowest BCUT2D eigenvalue weighted by Crippen LogP contribution is -2.21. The first kappa shape index (κ1) is 15.3. The molecule has 0 fully saturated rings. The number of benzene rings is 2. The van der Waals surface area contributed by atoms with Crippen molar-refractivity contribution in [2.75, 3.05) is 0 Å². The van der Waals surface area contributed by atoms with Crippen molar-refractivity contribution in [3.8, 4) is 0 Å². The van der Waals surface area contributed by atoms with E-state index in [0.717, 1.165) is 11.3 Å². The van der Waals surface area contributed by atoms with E-state index < -0.39 is 0 Å². The zero-order chi connectivity index (χ0) is 17.2. The van der Waals surface area contributed by atoms with Gasteiger partial charge >= 0.3 is 0 Å². The fraction of sp³-hybridized carbons (Fsp3) is 0.158. The predicted octanol–water partition coefficient (Wildman–Crippen LogP) is 2.39. The molecule has 4 aromatic rings. The van der Waals surface area contributed by atoms with Crippen LogP contribution in [0.2, 0.25) is 0 Å². The molecule has 0 spiro atoms. The van der Waals surface area contributed by atoms with Crippen LogP contribution in [0.15, 0.2) is 65.8 Å². The van der Waals surface area contributed by atoms with Crippen LogP contribution in [-0.2, 0) is 13.1 Å². The van der Waals surface area contributed by atoms with Gasteiger partial charge in [0.1, 0.15) is 5.69 Å².